The molecule has 0 atom stereocenters. The molecule has 0 spiro atoms. The molecule has 1 fully saturated rings. The molecule has 1 aliphatic heterocycles. The minimum Gasteiger partial charge on any atom is -0.467 e. The molecule has 3 heteroatoms. The first-order chi connectivity index (χ1) is 9.83. The average Bonchev–Trinajstić information content (AvgIpc) is 2.92. The summed E-state index contributed by atoms with van der Waals surface area (Å²) in [6.45, 7) is 5.19. The second kappa shape index (κ2) is 6.04. The van der Waals surface area contributed by atoms with Crippen LogP contribution in [0, 0.1) is 6.92 Å². The molecular formula is C17H22N2O. The zero-order valence-corrected chi connectivity index (χ0v) is 12.1. The maximum absolute atomic E-state index is 5.43. The smallest absolute Gasteiger partial charge is 0.125 e. The Morgan fingerprint density at radius 3 is 2.45 bits per heavy atom. The van der Waals surface area contributed by atoms with Crippen LogP contribution in [0.4, 0.5) is 11.4 Å². The Balaban J connectivity index is 1.59. The van der Waals surface area contributed by atoms with Crippen LogP contribution in [0.2, 0.25) is 0 Å². The minimum absolute atomic E-state index is 0.738. The first-order valence-electron chi connectivity index (χ1n) is 7.45. The molecular weight excluding hydrogens is 248 g/mol. The van der Waals surface area contributed by atoms with E-state index < -0.39 is 0 Å². The minimum atomic E-state index is 0.738. The largest absolute Gasteiger partial charge is 0.467 e. The highest BCUT2D eigenvalue weighted by Gasteiger charge is 2.10. The van der Waals surface area contributed by atoms with Crippen LogP contribution in [0.15, 0.2) is 41.0 Å². The standard InChI is InChI=1S/C17H22N2O/c1-14-9-12-20-17(14)13-18-15-5-7-16(8-6-15)19-10-3-2-4-11-19/h5-9,12,18H,2-4,10-11,13H2,1H3. The number of rotatable bonds is 4. The quantitative estimate of drug-likeness (QED) is 0.903. The molecule has 1 aromatic heterocycles. The van der Waals surface area contributed by atoms with Gasteiger partial charge >= 0.3 is 0 Å². The normalized spacial score (nSPS) is 15.3. The maximum atomic E-state index is 5.43. The monoisotopic (exact) mass is 270 g/mol. The Hall–Kier alpha value is -1.90. The van der Waals surface area contributed by atoms with Gasteiger partial charge in [0.05, 0.1) is 12.8 Å². The van der Waals surface area contributed by atoms with Gasteiger partial charge in [0.25, 0.3) is 0 Å². The van der Waals surface area contributed by atoms with E-state index >= 15 is 0 Å². The summed E-state index contributed by atoms with van der Waals surface area (Å²) in [6.07, 6.45) is 5.75. The van der Waals surface area contributed by atoms with Crippen molar-refractivity contribution in [3.63, 3.8) is 0 Å². The van der Waals surface area contributed by atoms with E-state index in [4.69, 9.17) is 4.42 Å². The Bertz CT molecular complexity index is 538. The molecule has 1 aromatic carbocycles. The molecule has 0 bridgehead atoms. The molecule has 0 aliphatic carbocycles. The van der Waals surface area contributed by atoms with Crippen LogP contribution in [-0.2, 0) is 6.54 Å². The molecule has 3 nitrogen and oxygen atoms in total. The van der Waals surface area contributed by atoms with Gasteiger partial charge in [-0.15, -0.1) is 0 Å². The van der Waals surface area contributed by atoms with Crippen molar-refractivity contribution >= 4 is 11.4 Å². The molecule has 0 saturated carbocycles. The molecule has 1 saturated heterocycles. The summed E-state index contributed by atoms with van der Waals surface area (Å²) in [7, 11) is 0. The number of hydrogen-bond acceptors (Lipinski definition) is 3. The van der Waals surface area contributed by atoms with E-state index in [2.05, 4.69) is 41.4 Å². The van der Waals surface area contributed by atoms with E-state index in [1.54, 1.807) is 6.26 Å². The molecule has 1 aliphatic rings. The third-order valence-electron chi connectivity index (χ3n) is 4.01. The molecule has 0 unspecified atom stereocenters. The Kier molecular flexibility index (Phi) is 3.95. The van der Waals surface area contributed by atoms with Gasteiger partial charge in [-0.05, 0) is 62.1 Å². The molecule has 3 rings (SSSR count). The van der Waals surface area contributed by atoms with Crippen LogP contribution in [-0.4, -0.2) is 13.1 Å². The highest BCUT2D eigenvalue weighted by Crippen LogP contribution is 2.22. The van der Waals surface area contributed by atoms with E-state index in [0.29, 0.717) is 0 Å². The Labute approximate surface area is 120 Å². The van der Waals surface area contributed by atoms with E-state index in [0.717, 1.165) is 18.0 Å². The van der Waals surface area contributed by atoms with Gasteiger partial charge < -0.3 is 14.6 Å². The fraction of sp³-hybridized carbons (Fsp3) is 0.412. The number of furan rings is 1. The molecule has 1 N–H and O–H groups in total. The van der Waals surface area contributed by atoms with E-state index in [1.807, 2.05) is 6.07 Å². The number of piperidine rings is 1. The molecule has 106 valence electrons. The summed E-state index contributed by atoms with van der Waals surface area (Å²) in [5, 5.41) is 3.41. The van der Waals surface area contributed by atoms with Gasteiger partial charge in [0.15, 0.2) is 0 Å². The number of nitrogens with one attached hydrogen (secondary N) is 1. The lowest BCUT2D eigenvalue weighted by Crippen LogP contribution is -2.29. The zero-order chi connectivity index (χ0) is 13.8. The van der Waals surface area contributed by atoms with Gasteiger partial charge in [0.1, 0.15) is 5.76 Å². The van der Waals surface area contributed by atoms with Gasteiger partial charge in [-0.1, -0.05) is 0 Å². The predicted molar refractivity (Wildman–Crippen MR) is 83.3 cm³/mol. The van der Waals surface area contributed by atoms with Gasteiger partial charge in [-0.25, -0.2) is 0 Å². The van der Waals surface area contributed by atoms with Crippen LogP contribution in [0.3, 0.4) is 0 Å². The van der Waals surface area contributed by atoms with Crippen molar-refractivity contribution in [2.75, 3.05) is 23.3 Å². The van der Waals surface area contributed by atoms with Crippen LogP contribution < -0.4 is 10.2 Å². The lowest BCUT2D eigenvalue weighted by Gasteiger charge is -2.28. The molecule has 20 heavy (non-hydrogen) atoms. The predicted octanol–water partition coefficient (Wildman–Crippen LogP) is 4.19. The fourth-order valence-corrected chi connectivity index (χ4v) is 2.71. The van der Waals surface area contributed by atoms with E-state index in [-0.39, 0.29) is 0 Å². The van der Waals surface area contributed by atoms with Crippen LogP contribution in [0.25, 0.3) is 0 Å². The van der Waals surface area contributed by atoms with Crippen LogP contribution in [0.5, 0.6) is 0 Å². The summed E-state index contributed by atoms with van der Waals surface area (Å²) >= 11 is 0. The van der Waals surface area contributed by atoms with Crippen molar-refractivity contribution in [1.29, 1.82) is 0 Å². The van der Waals surface area contributed by atoms with Crippen molar-refractivity contribution in [1.82, 2.24) is 0 Å². The van der Waals surface area contributed by atoms with Crippen molar-refractivity contribution in [3.05, 3.63) is 47.9 Å². The SMILES string of the molecule is Cc1ccoc1CNc1ccc(N2CCCCC2)cc1. The third-order valence-corrected chi connectivity index (χ3v) is 4.01. The van der Waals surface area contributed by atoms with Crippen LogP contribution >= 0.6 is 0 Å². The highest BCUT2D eigenvalue weighted by molar-refractivity contribution is 5.55. The van der Waals surface area contributed by atoms with Crippen molar-refractivity contribution in [2.24, 2.45) is 0 Å². The first-order valence-corrected chi connectivity index (χ1v) is 7.45. The van der Waals surface area contributed by atoms with E-state index in [9.17, 15) is 0 Å². The number of hydrogen-bond donors (Lipinski definition) is 1. The summed E-state index contributed by atoms with van der Waals surface area (Å²) in [5.41, 5.74) is 3.67. The van der Waals surface area contributed by atoms with Gasteiger partial charge in [0.2, 0.25) is 0 Å². The lowest BCUT2D eigenvalue weighted by atomic mass is 10.1. The van der Waals surface area contributed by atoms with Crippen molar-refractivity contribution in [2.45, 2.75) is 32.7 Å². The lowest BCUT2D eigenvalue weighted by molar-refractivity contribution is 0.515. The summed E-state index contributed by atoms with van der Waals surface area (Å²) in [6, 6.07) is 10.7. The van der Waals surface area contributed by atoms with Crippen LogP contribution in [0.1, 0.15) is 30.6 Å². The molecule has 2 heterocycles. The highest BCUT2D eigenvalue weighted by atomic mass is 16.3. The average molecular weight is 270 g/mol. The first kappa shape index (κ1) is 13.1. The number of nitrogens with zero attached hydrogens (tertiary/aromatic N) is 1. The molecule has 2 aromatic rings. The molecule has 0 radical (unpaired) electrons. The fourth-order valence-electron chi connectivity index (χ4n) is 2.71. The number of benzene rings is 1. The van der Waals surface area contributed by atoms with E-state index in [1.165, 1.54) is 43.6 Å². The van der Waals surface area contributed by atoms with Gasteiger partial charge in [-0.2, -0.15) is 0 Å². The molecule has 0 amide bonds. The van der Waals surface area contributed by atoms with Crippen molar-refractivity contribution < 1.29 is 4.42 Å². The van der Waals surface area contributed by atoms with Gasteiger partial charge in [-0.3, -0.25) is 0 Å². The van der Waals surface area contributed by atoms with Gasteiger partial charge in [0, 0.05) is 24.5 Å². The number of aryl methyl sites for hydroxylation is 1. The van der Waals surface area contributed by atoms with Crippen molar-refractivity contribution in [3.8, 4) is 0 Å². The summed E-state index contributed by atoms with van der Waals surface area (Å²) in [5.74, 6) is 1.00. The summed E-state index contributed by atoms with van der Waals surface area (Å²) in [4.78, 5) is 2.48. The Morgan fingerprint density at radius 1 is 1.05 bits per heavy atom. The zero-order valence-electron chi connectivity index (χ0n) is 12.1. The topological polar surface area (TPSA) is 28.4 Å². The number of anilines is 2. The second-order valence-corrected chi connectivity index (χ2v) is 5.47. The summed E-state index contributed by atoms with van der Waals surface area (Å²) < 4.78 is 5.43. The second-order valence-electron chi connectivity index (χ2n) is 5.47. The Morgan fingerprint density at radius 2 is 1.80 bits per heavy atom. The third kappa shape index (κ3) is 2.98. The maximum Gasteiger partial charge on any atom is 0.125 e.